The van der Waals surface area contributed by atoms with E-state index in [9.17, 15) is 33.2 Å². The molecule has 4 rings (SSSR count). The lowest BCUT2D eigenvalue weighted by Crippen LogP contribution is -2.29. The number of aromatic carboxylic acids is 1. The van der Waals surface area contributed by atoms with E-state index in [0.717, 1.165) is 0 Å². The minimum atomic E-state index is -3.96. The summed E-state index contributed by atoms with van der Waals surface area (Å²) in [4.78, 5) is 34.4. The number of carboxylic acids is 1. The van der Waals surface area contributed by atoms with E-state index in [1.165, 1.54) is 58.9 Å². The number of rotatable bonds is 6. The third kappa shape index (κ3) is 4.37. The Hall–Kier alpha value is -3.77. The van der Waals surface area contributed by atoms with Gasteiger partial charge in [-0.3, -0.25) is 19.2 Å². The van der Waals surface area contributed by atoms with Crippen molar-refractivity contribution in [3.8, 4) is 0 Å². The second kappa shape index (κ2) is 8.88. The van der Waals surface area contributed by atoms with Crippen molar-refractivity contribution < 1.29 is 28.0 Å². The standard InChI is InChI=1S/C22H16BrN3O7S/c23-15-3-7-19(18(12-15)22(28)29)24-21(27)13-1-5-17(6-2-13)34(32,33)25-10-9-14-11-16(26(30)31)4-8-20(14)25/h1-8,11-12H,9-10H2,(H,24,27)(H,28,29). The highest BCUT2D eigenvalue weighted by molar-refractivity contribution is 9.10. The molecule has 0 saturated heterocycles. The van der Waals surface area contributed by atoms with Gasteiger partial charge in [0.1, 0.15) is 0 Å². The highest BCUT2D eigenvalue weighted by Gasteiger charge is 2.32. The molecule has 0 aromatic heterocycles. The summed E-state index contributed by atoms with van der Waals surface area (Å²) in [6.07, 6.45) is 0.343. The number of halogens is 1. The molecule has 1 heterocycles. The average Bonchev–Trinajstić information content (AvgIpc) is 3.24. The van der Waals surface area contributed by atoms with Gasteiger partial charge in [-0.25, -0.2) is 13.2 Å². The smallest absolute Gasteiger partial charge is 0.337 e. The summed E-state index contributed by atoms with van der Waals surface area (Å²) in [5.74, 6) is -1.82. The van der Waals surface area contributed by atoms with Gasteiger partial charge in [0.15, 0.2) is 0 Å². The topological polar surface area (TPSA) is 147 Å². The van der Waals surface area contributed by atoms with Crippen LogP contribution in [-0.4, -0.2) is 36.9 Å². The molecule has 174 valence electrons. The van der Waals surface area contributed by atoms with Crippen LogP contribution in [0.5, 0.6) is 0 Å². The Balaban J connectivity index is 1.56. The first kappa shape index (κ1) is 23.4. The lowest BCUT2D eigenvalue weighted by atomic mass is 10.1. The number of hydrogen-bond donors (Lipinski definition) is 2. The van der Waals surface area contributed by atoms with Crippen molar-refractivity contribution in [1.29, 1.82) is 0 Å². The van der Waals surface area contributed by atoms with Gasteiger partial charge in [-0.1, -0.05) is 15.9 Å². The summed E-state index contributed by atoms with van der Waals surface area (Å²) in [6.45, 7) is 0.141. The Bertz CT molecular complexity index is 1440. The van der Waals surface area contributed by atoms with Crippen LogP contribution in [0.1, 0.15) is 26.3 Å². The average molecular weight is 546 g/mol. The second-order valence-electron chi connectivity index (χ2n) is 7.37. The third-order valence-corrected chi connectivity index (χ3v) is 7.61. The van der Waals surface area contributed by atoms with Crippen molar-refractivity contribution in [3.63, 3.8) is 0 Å². The van der Waals surface area contributed by atoms with Crippen molar-refractivity contribution in [3.05, 3.63) is 91.9 Å². The van der Waals surface area contributed by atoms with Crippen molar-refractivity contribution in [2.24, 2.45) is 0 Å². The van der Waals surface area contributed by atoms with Gasteiger partial charge in [0.05, 0.1) is 26.8 Å². The number of nitrogens with zero attached hydrogens (tertiary/aromatic N) is 2. The fourth-order valence-electron chi connectivity index (χ4n) is 3.62. The normalized spacial score (nSPS) is 12.8. The van der Waals surface area contributed by atoms with Crippen LogP contribution in [0.2, 0.25) is 0 Å². The number of nitrogens with one attached hydrogen (secondary N) is 1. The van der Waals surface area contributed by atoms with E-state index >= 15 is 0 Å². The fourth-order valence-corrected chi connectivity index (χ4v) is 5.49. The summed E-state index contributed by atoms with van der Waals surface area (Å²) >= 11 is 3.18. The van der Waals surface area contributed by atoms with Gasteiger partial charge in [-0.2, -0.15) is 0 Å². The molecule has 1 amide bonds. The van der Waals surface area contributed by atoms with E-state index in [2.05, 4.69) is 21.2 Å². The SMILES string of the molecule is O=C(Nc1ccc(Br)cc1C(=O)O)c1ccc(S(=O)(=O)N2CCc3cc([N+](=O)[O-])ccc32)cc1. The van der Waals surface area contributed by atoms with Gasteiger partial charge in [0, 0.05) is 28.7 Å². The highest BCUT2D eigenvalue weighted by atomic mass is 79.9. The minimum Gasteiger partial charge on any atom is -0.478 e. The van der Waals surface area contributed by atoms with Crippen LogP contribution < -0.4 is 9.62 Å². The fraction of sp³-hybridized carbons (Fsp3) is 0.0909. The molecule has 0 atom stereocenters. The predicted octanol–water partition coefficient (Wildman–Crippen LogP) is 4.06. The number of fused-ring (bicyclic) bond motifs is 1. The molecule has 10 nitrogen and oxygen atoms in total. The van der Waals surface area contributed by atoms with Crippen LogP contribution >= 0.6 is 15.9 Å². The Labute approximate surface area is 202 Å². The second-order valence-corrected chi connectivity index (χ2v) is 10.1. The maximum atomic E-state index is 13.2. The number of amides is 1. The van der Waals surface area contributed by atoms with Crippen molar-refractivity contribution in [1.82, 2.24) is 0 Å². The van der Waals surface area contributed by atoms with Gasteiger partial charge in [-0.05, 0) is 60.5 Å². The maximum Gasteiger partial charge on any atom is 0.337 e. The molecule has 3 aromatic rings. The number of benzene rings is 3. The summed E-state index contributed by atoms with van der Waals surface area (Å²) in [5.41, 5.74) is 0.970. The number of hydrogen-bond acceptors (Lipinski definition) is 6. The van der Waals surface area contributed by atoms with Crippen LogP contribution in [0.25, 0.3) is 0 Å². The molecule has 0 bridgehead atoms. The third-order valence-electron chi connectivity index (χ3n) is 5.29. The molecular formula is C22H16BrN3O7S. The Morgan fingerprint density at radius 3 is 2.41 bits per heavy atom. The number of sulfonamides is 1. The van der Waals surface area contributed by atoms with E-state index in [0.29, 0.717) is 22.1 Å². The number of nitro benzene ring substituents is 1. The van der Waals surface area contributed by atoms with Crippen LogP contribution in [0.15, 0.2) is 70.0 Å². The molecule has 0 spiro atoms. The van der Waals surface area contributed by atoms with E-state index in [4.69, 9.17) is 0 Å². The number of carbonyl (C=O) groups is 2. The number of nitro groups is 1. The zero-order valence-electron chi connectivity index (χ0n) is 17.3. The van der Waals surface area contributed by atoms with E-state index in [1.807, 2.05) is 0 Å². The lowest BCUT2D eigenvalue weighted by molar-refractivity contribution is -0.384. The highest BCUT2D eigenvalue weighted by Crippen LogP contribution is 2.35. The summed E-state index contributed by atoms with van der Waals surface area (Å²) < 4.78 is 28.0. The molecule has 12 heteroatoms. The first-order valence-corrected chi connectivity index (χ1v) is 12.1. The molecule has 0 fully saturated rings. The first-order valence-electron chi connectivity index (χ1n) is 9.82. The summed E-state index contributed by atoms with van der Waals surface area (Å²) in [5, 5.41) is 22.8. The number of non-ortho nitro benzene ring substituents is 1. The molecule has 2 N–H and O–H groups in total. The Morgan fingerprint density at radius 1 is 1.06 bits per heavy atom. The number of carbonyl (C=O) groups excluding carboxylic acids is 1. The molecular weight excluding hydrogens is 530 g/mol. The zero-order chi connectivity index (χ0) is 24.6. The molecule has 0 unspecified atom stereocenters. The molecule has 0 radical (unpaired) electrons. The van der Waals surface area contributed by atoms with Gasteiger partial charge in [0.2, 0.25) is 0 Å². The first-order chi connectivity index (χ1) is 16.1. The van der Waals surface area contributed by atoms with Gasteiger partial charge in [0.25, 0.3) is 21.6 Å². The van der Waals surface area contributed by atoms with Crippen LogP contribution in [0.4, 0.5) is 17.1 Å². The molecule has 0 saturated carbocycles. The van der Waals surface area contributed by atoms with E-state index < -0.39 is 26.8 Å². The molecule has 0 aliphatic carbocycles. The number of carboxylic acid groups (broad SMARTS) is 1. The zero-order valence-corrected chi connectivity index (χ0v) is 19.7. The number of anilines is 2. The Morgan fingerprint density at radius 2 is 1.76 bits per heavy atom. The minimum absolute atomic E-state index is 0.0508. The molecule has 3 aromatic carbocycles. The molecule has 1 aliphatic heterocycles. The van der Waals surface area contributed by atoms with Gasteiger partial charge < -0.3 is 10.4 Å². The van der Waals surface area contributed by atoms with Gasteiger partial charge in [-0.15, -0.1) is 0 Å². The maximum absolute atomic E-state index is 13.2. The van der Waals surface area contributed by atoms with E-state index in [-0.39, 0.29) is 33.9 Å². The van der Waals surface area contributed by atoms with Crippen LogP contribution in [0.3, 0.4) is 0 Å². The van der Waals surface area contributed by atoms with Crippen LogP contribution in [0, 0.1) is 10.1 Å². The van der Waals surface area contributed by atoms with Crippen LogP contribution in [-0.2, 0) is 16.4 Å². The largest absolute Gasteiger partial charge is 0.478 e. The quantitative estimate of drug-likeness (QED) is 0.350. The summed E-state index contributed by atoms with van der Waals surface area (Å²) in [6, 6.07) is 13.6. The predicted molar refractivity (Wildman–Crippen MR) is 127 cm³/mol. The van der Waals surface area contributed by atoms with Gasteiger partial charge >= 0.3 is 5.97 Å². The molecule has 34 heavy (non-hydrogen) atoms. The van der Waals surface area contributed by atoms with Crippen molar-refractivity contribution in [2.75, 3.05) is 16.2 Å². The molecule has 1 aliphatic rings. The summed E-state index contributed by atoms with van der Waals surface area (Å²) in [7, 11) is -3.96. The Kier molecular flexibility index (Phi) is 6.11. The van der Waals surface area contributed by atoms with Crippen molar-refractivity contribution >= 4 is 54.9 Å². The lowest BCUT2D eigenvalue weighted by Gasteiger charge is -2.19. The van der Waals surface area contributed by atoms with E-state index in [1.54, 1.807) is 6.07 Å². The van der Waals surface area contributed by atoms with Crippen molar-refractivity contribution in [2.45, 2.75) is 11.3 Å². The monoisotopic (exact) mass is 545 g/mol.